The van der Waals surface area contributed by atoms with Gasteiger partial charge in [0.05, 0.1) is 12.0 Å². The number of nitriles is 1. The molecule has 0 bridgehead atoms. The highest BCUT2D eigenvalue weighted by Gasteiger charge is 2.35. The predicted octanol–water partition coefficient (Wildman–Crippen LogP) is 3.83. The molecule has 0 spiro atoms. The van der Waals surface area contributed by atoms with Crippen LogP contribution >= 0.6 is 0 Å². The molecule has 0 aromatic heterocycles. The summed E-state index contributed by atoms with van der Waals surface area (Å²) in [5.74, 6) is 1.97. The summed E-state index contributed by atoms with van der Waals surface area (Å²) in [6.07, 6.45) is 8.98. The third-order valence-electron chi connectivity index (χ3n) is 5.33. The van der Waals surface area contributed by atoms with E-state index in [9.17, 15) is 5.26 Å². The number of rotatable bonds is 2. The van der Waals surface area contributed by atoms with E-state index < -0.39 is 0 Å². The zero-order valence-corrected chi connectivity index (χ0v) is 12.2. The number of nitrogens with zero attached hydrogens (tertiary/aromatic N) is 2. The van der Waals surface area contributed by atoms with E-state index in [1.165, 1.54) is 38.5 Å². The molecule has 3 atom stereocenters. The van der Waals surface area contributed by atoms with Crippen molar-refractivity contribution in [2.75, 3.05) is 7.05 Å². The van der Waals surface area contributed by atoms with E-state index in [0.717, 1.165) is 24.3 Å². The van der Waals surface area contributed by atoms with Crippen LogP contribution in [-0.4, -0.2) is 24.0 Å². The summed E-state index contributed by atoms with van der Waals surface area (Å²) in [4.78, 5) is 2.56. The summed E-state index contributed by atoms with van der Waals surface area (Å²) < 4.78 is 0. The van der Waals surface area contributed by atoms with E-state index in [1.807, 2.05) is 0 Å². The predicted molar refractivity (Wildman–Crippen MR) is 75.1 cm³/mol. The van der Waals surface area contributed by atoms with Crippen molar-refractivity contribution in [3.63, 3.8) is 0 Å². The van der Waals surface area contributed by atoms with E-state index in [2.05, 4.69) is 31.9 Å². The molecule has 0 amide bonds. The van der Waals surface area contributed by atoms with E-state index in [4.69, 9.17) is 0 Å². The maximum atomic E-state index is 9.36. The van der Waals surface area contributed by atoms with Gasteiger partial charge in [0.1, 0.15) is 0 Å². The van der Waals surface area contributed by atoms with Crippen molar-refractivity contribution in [3.05, 3.63) is 0 Å². The maximum absolute atomic E-state index is 9.36. The van der Waals surface area contributed by atoms with Gasteiger partial charge in [-0.25, -0.2) is 0 Å². The van der Waals surface area contributed by atoms with Gasteiger partial charge in [-0.05, 0) is 63.8 Å². The first kappa shape index (κ1) is 13.9. The molecule has 2 saturated carbocycles. The topological polar surface area (TPSA) is 27.0 Å². The van der Waals surface area contributed by atoms with Gasteiger partial charge in [-0.2, -0.15) is 5.26 Å². The summed E-state index contributed by atoms with van der Waals surface area (Å²) in [5.41, 5.74) is 0. The molecule has 0 aliphatic heterocycles. The highest BCUT2D eigenvalue weighted by molar-refractivity contribution is 4.98. The smallest absolute Gasteiger partial charge is 0.0672 e. The molecule has 2 rings (SSSR count). The molecule has 0 aromatic carbocycles. The molecule has 0 N–H and O–H groups in total. The molecule has 3 unspecified atom stereocenters. The molecule has 102 valence electrons. The molecule has 2 heteroatoms. The largest absolute Gasteiger partial charge is 0.299 e. The minimum Gasteiger partial charge on any atom is -0.299 e. The molecular formula is C16H28N2. The molecule has 0 saturated heterocycles. The Balaban J connectivity index is 1.97. The molecule has 2 aliphatic rings. The molecular weight excluding hydrogens is 220 g/mol. The van der Waals surface area contributed by atoms with E-state index >= 15 is 0 Å². The fourth-order valence-electron chi connectivity index (χ4n) is 3.87. The molecule has 0 radical (unpaired) electrons. The Morgan fingerprint density at radius 2 is 1.56 bits per heavy atom. The van der Waals surface area contributed by atoms with Crippen LogP contribution in [0.25, 0.3) is 0 Å². The van der Waals surface area contributed by atoms with Gasteiger partial charge in [-0.3, -0.25) is 4.90 Å². The van der Waals surface area contributed by atoms with Gasteiger partial charge in [0.2, 0.25) is 0 Å². The van der Waals surface area contributed by atoms with E-state index in [-0.39, 0.29) is 5.92 Å². The monoisotopic (exact) mass is 248 g/mol. The average molecular weight is 248 g/mol. The van der Waals surface area contributed by atoms with Crippen molar-refractivity contribution in [1.29, 1.82) is 5.26 Å². The van der Waals surface area contributed by atoms with Gasteiger partial charge in [-0.1, -0.05) is 13.8 Å². The Kier molecular flexibility index (Phi) is 4.67. The summed E-state index contributed by atoms with van der Waals surface area (Å²) in [6, 6.07) is 3.80. The molecule has 0 heterocycles. The zero-order valence-electron chi connectivity index (χ0n) is 12.2. The van der Waals surface area contributed by atoms with Gasteiger partial charge >= 0.3 is 0 Å². The van der Waals surface area contributed by atoms with Crippen LogP contribution in [0.15, 0.2) is 0 Å². The fraction of sp³-hybridized carbons (Fsp3) is 0.938. The van der Waals surface area contributed by atoms with Crippen LogP contribution < -0.4 is 0 Å². The Hall–Kier alpha value is -0.550. The van der Waals surface area contributed by atoms with Crippen LogP contribution in [0, 0.1) is 29.1 Å². The van der Waals surface area contributed by atoms with Crippen LogP contribution in [0.1, 0.15) is 58.8 Å². The SMILES string of the molecule is CC1CCC(N(C)C2CC(C)CCC2C#N)CC1. The van der Waals surface area contributed by atoms with Gasteiger partial charge < -0.3 is 0 Å². The summed E-state index contributed by atoms with van der Waals surface area (Å²) in [6.45, 7) is 4.72. The van der Waals surface area contributed by atoms with Crippen molar-refractivity contribution >= 4 is 0 Å². The maximum Gasteiger partial charge on any atom is 0.0672 e. The second-order valence-electron chi connectivity index (χ2n) is 6.80. The van der Waals surface area contributed by atoms with Crippen molar-refractivity contribution in [1.82, 2.24) is 4.90 Å². The molecule has 0 aromatic rings. The summed E-state index contributed by atoms with van der Waals surface area (Å²) in [7, 11) is 2.27. The van der Waals surface area contributed by atoms with Crippen LogP contribution in [0.4, 0.5) is 0 Å². The first-order chi connectivity index (χ1) is 8.61. The van der Waals surface area contributed by atoms with Crippen molar-refractivity contribution in [3.8, 4) is 6.07 Å². The van der Waals surface area contributed by atoms with Crippen LogP contribution in [0.5, 0.6) is 0 Å². The molecule has 2 fully saturated rings. The third-order valence-corrected chi connectivity index (χ3v) is 5.33. The minimum absolute atomic E-state index is 0.269. The quantitative estimate of drug-likeness (QED) is 0.742. The standard InChI is InChI=1S/C16H28N2/c1-12-5-8-15(9-6-12)18(3)16-10-13(2)4-7-14(16)11-17/h12-16H,4-10H2,1-3H3. The number of hydrogen-bond donors (Lipinski definition) is 0. The van der Waals surface area contributed by atoms with Gasteiger partial charge in [-0.15, -0.1) is 0 Å². The normalized spacial score (nSPS) is 41.6. The molecule has 18 heavy (non-hydrogen) atoms. The lowest BCUT2D eigenvalue weighted by molar-refractivity contribution is 0.0663. The van der Waals surface area contributed by atoms with Gasteiger partial charge in [0.25, 0.3) is 0 Å². The lowest BCUT2D eigenvalue weighted by Gasteiger charge is -2.43. The molecule has 2 nitrogen and oxygen atoms in total. The first-order valence-corrected chi connectivity index (χ1v) is 7.73. The van der Waals surface area contributed by atoms with E-state index in [0.29, 0.717) is 6.04 Å². The summed E-state index contributed by atoms with van der Waals surface area (Å²) >= 11 is 0. The first-order valence-electron chi connectivity index (χ1n) is 7.73. The highest BCUT2D eigenvalue weighted by Crippen LogP contribution is 2.35. The Bertz CT molecular complexity index is 299. The Labute approximate surface area is 112 Å². The summed E-state index contributed by atoms with van der Waals surface area (Å²) in [5, 5.41) is 9.36. The second kappa shape index (κ2) is 6.06. The lowest BCUT2D eigenvalue weighted by atomic mass is 9.77. The minimum atomic E-state index is 0.269. The zero-order chi connectivity index (χ0) is 13.1. The third kappa shape index (κ3) is 3.06. The lowest BCUT2D eigenvalue weighted by Crippen LogP contribution is -2.47. The fourth-order valence-corrected chi connectivity index (χ4v) is 3.87. The van der Waals surface area contributed by atoms with Crippen LogP contribution in [-0.2, 0) is 0 Å². The van der Waals surface area contributed by atoms with Gasteiger partial charge in [0.15, 0.2) is 0 Å². The highest BCUT2D eigenvalue weighted by atomic mass is 15.2. The van der Waals surface area contributed by atoms with E-state index in [1.54, 1.807) is 0 Å². The Morgan fingerprint density at radius 3 is 2.17 bits per heavy atom. The van der Waals surface area contributed by atoms with Crippen molar-refractivity contribution in [2.24, 2.45) is 17.8 Å². The van der Waals surface area contributed by atoms with Gasteiger partial charge in [0, 0.05) is 12.1 Å². The van der Waals surface area contributed by atoms with Crippen molar-refractivity contribution < 1.29 is 0 Å². The Morgan fingerprint density at radius 1 is 0.944 bits per heavy atom. The second-order valence-corrected chi connectivity index (χ2v) is 6.80. The number of hydrogen-bond acceptors (Lipinski definition) is 2. The van der Waals surface area contributed by atoms with Crippen LogP contribution in [0.3, 0.4) is 0 Å². The van der Waals surface area contributed by atoms with Crippen LogP contribution in [0.2, 0.25) is 0 Å². The average Bonchev–Trinajstić information content (AvgIpc) is 2.39. The molecule has 2 aliphatic carbocycles. The van der Waals surface area contributed by atoms with Crippen molar-refractivity contribution in [2.45, 2.75) is 70.9 Å².